The molecular weight excluding hydrogens is 537 g/mol. The van der Waals surface area contributed by atoms with Gasteiger partial charge < -0.3 is 14.2 Å². The van der Waals surface area contributed by atoms with Crippen LogP contribution in [0.15, 0.2) is 127 Å². The highest BCUT2D eigenvalue weighted by atomic mass is 16.7. The first-order valence-corrected chi connectivity index (χ1v) is 15.7. The minimum atomic E-state index is -0.400. The van der Waals surface area contributed by atoms with E-state index in [4.69, 9.17) is 9.31 Å². The van der Waals surface area contributed by atoms with E-state index in [2.05, 4.69) is 168 Å². The van der Waals surface area contributed by atoms with Gasteiger partial charge in [0.2, 0.25) is 0 Å². The topological polar surface area (TPSA) is 21.7 Å². The average Bonchev–Trinajstić information content (AvgIpc) is 3.22. The van der Waals surface area contributed by atoms with Gasteiger partial charge in [0.05, 0.1) is 16.9 Å². The molecule has 4 aromatic carbocycles. The molecule has 2 aliphatic carbocycles. The largest absolute Gasteiger partial charge is 0.494 e. The molecule has 0 bridgehead atoms. The van der Waals surface area contributed by atoms with Crippen molar-refractivity contribution in [1.82, 2.24) is 0 Å². The third-order valence-corrected chi connectivity index (χ3v) is 10.0. The van der Waals surface area contributed by atoms with Gasteiger partial charge in [-0.15, -0.1) is 0 Å². The second kappa shape index (κ2) is 10.5. The Labute approximate surface area is 262 Å². The van der Waals surface area contributed by atoms with Crippen LogP contribution < -0.4 is 10.4 Å². The summed E-state index contributed by atoms with van der Waals surface area (Å²) >= 11 is 0. The lowest BCUT2D eigenvalue weighted by Gasteiger charge is -2.32. The van der Waals surface area contributed by atoms with Gasteiger partial charge in [0.15, 0.2) is 0 Å². The highest BCUT2D eigenvalue weighted by Crippen LogP contribution is 2.51. The van der Waals surface area contributed by atoms with Crippen molar-refractivity contribution in [2.45, 2.75) is 64.6 Å². The van der Waals surface area contributed by atoms with E-state index in [9.17, 15) is 0 Å². The van der Waals surface area contributed by atoms with E-state index in [0.717, 1.165) is 28.9 Å². The Morgan fingerprint density at radius 3 is 2.05 bits per heavy atom. The van der Waals surface area contributed by atoms with E-state index in [1.54, 1.807) is 0 Å². The lowest BCUT2D eigenvalue weighted by atomic mass is 9.79. The summed E-state index contributed by atoms with van der Waals surface area (Å²) in [5.74, 6) is 0. The second-order valence-electron chi connectivity index (χ2n) is 13.6. The van der Waals surface area contributed by atoms with Gasteiger partial charge in [0, 0.05) is 22.4 Å². The van der Waals surface area contributed by atoms with Crippen molar-refractivity contribution in [3.63, 3.8) is 0 Å². The fraction of sp³-hybridized carbons (Fsp3) is 0.250. The van der Waals surface area contributed by atoms with Gasteiger partial charge in [-0.2, -0.15) is 0 Å². The molecule has 0 unspecified atom stereocenters. The summed E-state index contributed by atoms with van der Waals surface area (Å²) in [6.45, 7) is 13.1. The molecule has 0 atom stereocenters. The van der Waals surface area contributed by atoms with Crippen molar-refractivity contribution < 1.29 is 9.31 Å². The highest BCUT2D eigenvalue weighted by molar-refractivity contribution is 6.62. The number of fused-ring (bicyclic) bond motifs is 2. The quantitative estimate of drug-likeness (QED) is 0.221. The van der Waals surface area contributed by atoms with Gasteiger partial charge in [-0.3, -0.25) is 0 Å². The van der Waals surface area contributed by atoms with Crippen molar-refractivity contribution in [2.24, 2.45) is 0 Å². The summed E-state index contributed by atoms with van der Waals surface area (Å²) in [6.07, 6.45) is 9.87. The number of nitrogens with zero attached hydrogens (tertiary/aromatic N) is 1. The van der Waals surface area contributed by atoms with Gasteiger partial charge in [-0.25, -0.2) is 0 Å². The molecule has 0 saturated carbocycles. The van der Waals surface area contributed by atoms with E-state index in [1.165, 1.54) is 33.4 Å². The molecule has 7 rings (SSSR count). The monoisotopic (exact) mass is 577 g/mol. The predicted octanol–water partition coefficient (Wildman–Crippen LogP) is 9.68. The first kappa shape index (κ1) is 28.6. The average molecular weight is 578 g/mol. The molecule has 0 radical (unpaired) electrons. The van der Waals surface area contributed by atoms with E-state index >= 15 is 0 Å². The maximum Gasteiger partial charge on any atom is 0.494 e. The first-order valence-electron chi connectivity index (χ1n) is 15.7. The third-order valence-electron chi connectivity index (χ3n) is 10.0. The number of rotatable bonds is 5. The number of benzene rings is 4. The molecule has 0 amide bonds. The summed E-state index contributed by atoms with van der Waals surface area (Å²) in [4.78, 5) is 2.39. The Kier molecular flexibility index (Phi) is 6.84. The second-order valence-corrected chi connectivity index (χ2v) is 13.6. The van der Waals surface area contributed by atoms with Crippen LogP contribution >= 0.6 is 0 Å². The number of hydrogen-bond acceptors (Lipinski definition) is 3. The molecular formula is C40H40BNO2. The summed E-state index contributed by atoms with van der Waals surface area (Å²) in [7, 11) is -0.400. The molecule has 44 heavy (non-hydrogen) atoms. The maximum absolute atomic E-state index is 6.37. The van der Waals surface area contributed by atoms with Crippen LogP contribution in [-0.2, 0) is 14.7 Å². The van der Waals surface area contributed by atoms with Crippen molar-refractivity contribution in [2.75, 3.05) is 4.90 Å². The van der Waals surface area contributed by atoms with Gasteiger partial charge in [-0.05, 0) is 97.7 Å². The van der Waals surface area contributed by atoms with Crippen molar-refractivity contribution >= 4 is 35.2 Å². The summed E-state index contributed by atoms with van der Waals surface area (Å²) in [5, 5.41) is 0. The van der Waals surface area contributed by atoms with Crippen LogP contribution in [0.3, 0.4) is 0 Å². The summed E-state index contributed by atoms with van der Waals surface area (Å²) < 4.78 is 12.7. The van der Waals surface area contributed by atoms with Gasteiger partial charge in [-0.1, -0.05) is 105 Å². The first-order chi connectivity index (χ1) is 21.1. The summed E-state index contributed by atoms with van der Waals surface area (Å²) in [5.41, 5.74) is 11.5. The van der Waals surface area contributed by atoms with Crippen LogP contribution in [0.5, 0.6) is 0 Å². The molecule has 0 N–H and O–H groups in total. The standard InChI is InChI=1S/C40H40BNO2/c1-38(2)35-19-12-8-11-18-33(35)34-26-25-31(27-36(34)38)42(37-20-14-13-17-32(37)28-15-9-7-10-16-28)30-23-21-29(22-24-30)41-43-39(3,4)40(5,6)44-41/h7-18,20-27H,19H2,1-6H3. The minimum Gasteiger partial charge on any atom is -0.399 e. The lowest BCUT2D eigenvalue weighted by Crippen LogP contribution is -2.41. The van der Waals surface area contributed by atoms with Crippen LogP contribution in [0.25, 0.3) is 16.7 Å². The molecule has 1 fully saturated rings. The van der Waals surface area contributed by atoms with Crippen molar-refractivity contribution in [3.8, 4) is 11.1 Å². The molecule has 220 valence electrons. The van der Waals surface area contributed by atoms with Crippen LogP contribution in [0.4, 0.5) is 17.1 Å². The van der Waals surface area contributed by atoms with Crippen LogP contribution in [0.2, 0.25) is 0 Å². The van der Waals surface area contributed by atoms with E-state index in [1.807, 2.05) is 0 Å². The molecule has 4 aromatic rings. The van der Waals surface area contributed by atoms with Crippen molar-refractivity contribution in [3.05, 3.63) is 138 Å². The van der Waals surface area contributed by atoms with Gasteiger partial charge in [0.25, 0.3) is 0 Å². The molecule has 0 aromatic heterocycles. The van der Waals surface area contributed by atoms with Crippen LogP contribution in [0.1, 0.15) is 59.1 Å². The van der Waals surface area contributed by atoms with Gasteiger partial charge in [0.1, 0.15) is 0 Å². The maximum atomic E-state index is 6.37. The Morgan fingerprint density at radius 2 is 1.32 bits per heavy atom. The molecule has 3 aliphatic rings. The van der Waals surface area contributed by atoms with E-state index in [-0.39, 0.29) is 16.6 Å². The fourth-order valence-electron chi connectivity index (χ4n) is 6.77. The number of para-hydroxylation sites is 1. The molecule has 3 nitrogen and oxygen atoms in total. The number of hydrogen-bond donors (Lipinski definition) is 0. The zero-order valence-electron chi connectivity index (χ0n) is 26.6. The molecule has 1 aliphatic heterocycles. The number of allylic oxidation sites excluding steroid dienone is 6. The minimum absolute atomic E-state index is 0.0646. The number of anilines is 3. The Balaban J connectivity index is 1.35. The molecule has 1 heterocycles. The zero-order chi connectivity index (χ0) is 30.7. The van der Waals surface area contributed by atoms with Crippen LogP contribution in [0, 0.1) is 0 Å². The molecule has 1 saturated heterocycles. The highest BCUT2D eigenvalue weighted by Gasteiger charge is 2.51. The smallest absolute Gasteiger partial charge is 0.399 e. The Morgan fingerprint density at radius 1 is 0.659 bits per heavy atom. The SMILES string of the molecule is CC1(C)C2=C(C=CC=CC2)c2ccc(N(c3ccc(B4OC(C)(C)C(C)(C)O4)cc3)c3ccccc3-c3ccccc3)cc21. The zero-order valence-corrected chi connectivity index (χ0v) is 26.6. The fourth-order valence-corrected chi connectivity index (χ4v) is 6.77. The van der Waals surface area contributed by atoms with Gasteiger partial charge >= 0.3 is 7.12 Å². The predicted molar refractivity (Wildman–Crippen MR) is 185 cm³/mol. The molecule has 0 spiro atoms. The normalized spacial score (nSPS) is 19.1. The lowest BCUT2D eigenvalue weighted by molar-refractivity contribution is 0.00578. The van der Waals surface area contributed by atoms with Crippen molar-refractivity contribution in [1.29, 1.82) is 0 Å². The Hall–Kier alpha value is -4.12. The summed E-state index contributed by atoms with van der Waals surface area (Å²) in [6, 6.07) is 35.0. The van der Waals surface area contributed by atoms with E-state index < -0.39 is 7.12 Å². The molecule has 4 heteroatoms. The van der Waals surface area contributed by atoms with E-state index in [0.29, 0.717) is 0 Å². The van der Waals surface area contributed by atoms with Crippen LogP contribution in [-0.4, -0.2) is 18.3 Å². The Bertz CT molecular complexity index is 1800. The third kappa shape index (κ3) is 4.69.